The average molecular weight is 492 g/mol. The number of benzene rings is 1. The first-order valence-electron chi connectivity index (χ1n) is 10.9. The summed E-state index contributed by atoms with van der Waals surface area (Å²) < 4.78 is 8.97. The Kier molecular flexibility index (Phi) is 8.20. The summed E-state index contributed by atoms with van der Waals surface area (Å²) in [4.78, 5) is 30.9. The third-order valence-corrected chi connectivity index (χ3v) is 6.59. The number of nitrogens with zero attached hydrogens (tertiary/aromatic N) is 4. The summed E-state index contributed by atoms with van der Waals surface area (Å²) in [6.45, 7) is 10.5. The molecule has 2 aromatic heterocycles. The zero-order chi connectivity index (χ0) is 24.3. The van der Waals surface area contributed by atoms with E-state index >= 15 is 0 Å². The Balaban J connectivity index is 1.88. The van der Waals surface area contributed by atoms with Crippen LogP contribution in [-0.2, 0) is 23.1 Å². The lowest BCUT2D eigenvalue weighted by atomic mass is 10.2. The van der Waals surface area contributed by atoms with Gasteiger partial charge in [-0.15, -0.1) is 0 Å². The number of fused-ring (bicyclic) bond motifs is 1. The molecule has 8 nitrogen and oxygen atoms in total. The highest BCUT2D eigenvalue weighted by Crippen LogP contribution is 2.26. The summed E-state index contributed by atoms with van der Waals surface area (Å²) in [5.74, 6) is -0.186. The Morgan fingerprint density at radius 1 is 1.27 bits per heavy atom. The molecule has 178 valence electrons. The Labute approximate surface area is 202 Å². The van der Waals surface area contributed by atoms with E-state index in [-0.39, 0.29) is 17.6 Å². The Morgan fingerprint density at radius 3 is 2.64 bits per heavy atom. The zero-order valence-electron chi connectivity index (χ0n) is 19.8. The van der Waals surface area contributed by atoms with Crippen molar-refractivity contribution in [3.05, 3.63) is 45.0 Å². The van der Waals surface area contributed by atoms with Crippen LogP contribution in [0.1, 0.15) is 38.6 Å². The van der Waals surface area contributed by atoms with Gasteiger partial charge in [-0.25, -0.2) is 4.98 Å². The summed E-state index contributed by atoms with van der Waals surface area (Å²) in [7, 11) is 1.84. The minimum absolute atomic E-state index is 0.121. The third kappa shape index (κ3) is 5.96. The van der Waals surface area contributed by atoms with Crippen molar-refractivity contribution in [2.45, 2.75) is 64.1 Å². The molecule has 0 aliphatic rings. The lowest BCUT2D eigenvalue weighted by molar-refractivity contribution is -0.115. The van der Waals surface area contributed by atoms with Crippen LogP contribution in [0.25, 0.3) is 10.9 Å². The molecule has 10 heteroatoms. The second-order valence-corrected chi connectivity index (χ2v) is 9.95. The maximum atomic E-state index is 13.2. The van der Waals surface area contributed by atoms with Crippen LogP contribution in [0.3, 0.4) is 0 Å². The van der Waals surface area contributed by atoms with Gasteiger partial charge in [-0.3, -0.25) is 18.8 Å². The normalized spacial score (nSPS) is 12.5. The number of hydrogen-bond donors (Lipinski definition) is 1. The Morgan fingerprint density at radius 2 is 2.00 bits per heavy atom. The molecule has 1 amide bonds. The molecule has 0 fully saturated rings. The molecule has 0 aliphatic carbocycles. The summed E-state index contributed by atoms with van der Waals surface area (Å²) in [5, 5.41) is 8.28. The number of halogens is 1. The van der Waals surface area contributed by atoms with E-state index in [4.69, 9.17) is 16.3 Å². The molecule has 2 heterocycles. The largest absolute Gasteiger partial charge is 0.379 e. The molecule has 0 saturated carbocycles. The Bertz CT molecular complexity index is 1220. The molecule has 0 saturated heterocycles. The highest BCUT2D eigenvalue weighted by atomic mass is 35.5. The highest BCUT2D eigenvalue weighted by molar-refractivity contribution is 8.00. The number of carbonyl (C=O) groups excluding carboxylic acids is 1. The van der Waals surface area contributed by atoms with E-state index < -0.39 is 5.25 Å². The van der Waals surface area contributed by atoms with Crippen LogP contribution in [0.15, 0.2) is 28.2 Å². The first kappa shape index (κ1) is 25.3. The number of ether oxygens (including phenoxy) is 1. The fourth-order valence-electron chi connectivity index (χ4n) is 3.39. The van der Waals surface area contributed by atoms with Gasteiger partial charge in [0.15, 0.2) is 5.16 Å². The number of rotatable bonds is 9. The van der Waals surface area contributed by atoms with Crippen LogP contribution in [0.4, 0.5) is 5.69 Å². The number of carbonyl (C=O) groups is 1. The lowest BCUT2D eigenvalue weighted by Gasteiger charge is -2.17. The molecule has 33 heavy (non-hydrogen) atoms. The fraction of sp³-hybridized carbons (Fsp3) is 0.478. The predicted molar refractivity (Wildman–Crippen MR) is 133 cm³/mol. The molecular weight excluding hydrogens is 462 g/mol. The van der Waals surface area contributed by atoms with Crippen molar-refractivity contribution in [3.8, 4) is 0 Å². The van der Waals surface area contributed by atoms with Gasteiger partial charge in [-0.1, -0.05) is 23.4 Å². The summed E-state index contributed by atoms with van der Waals surface area (Å²) in [6, 6.07) is 5.04. The molecule has 0 radical (unpaired) electrons. The summed E-state index contributed by atoms with van der Waals surface area (Å²) in [5.41, 5.74) is 2.68. The van der Waals surface area contributed by atoms with Gasteiger partial charge < -0.3 is 10.1 Å². The first-order chi connectivity index (χ1) is 15.6. The van der Waals surface area contributed by atoms with Gasteiger partial charge in [0.2, 0.25) is 5.91 Å². The van der Waals surface area contributed by atoms with Crippen molar-refractivity contribution < 1.29 is 9.53 Å². The molecule has 3 rings (SSSR count). The van der Waals surface area contributed by atoms with Crippen LogP contribution in [0.2, 0.25) is 5.02 Å². The lowest BCUT2D eigenvalue weighted by Crippen LogP contribution is -2.27. The van der Waals surface area contributed by atoms with Crippen molar-refractivity contribution in [1.82, 2.24) is 19.3 Å². The molecular formula is C23H30ClN5O3S. The second kappa shape index (κ2) is 10.7. The molecule has 1 atom stereocenters. The quantitative estimate of drug-likeness (QED) is 0.272. The van der Waals surface area contributed by atoms with Crippen molar-refractivity contribution in [1.29, 1.82) is 0 Å². The van der Waals surface area contributed by atoms with Crippen LogP contribution in [0, 0.1) is 13.8 Å². The second-order valence-electron chi connectivity index (χ2n) is 8.20. The monoisotopic (exact) mass is 491 g/mol. The number of anilines is 1. The number of thioether (sulfide) groups is 1. The SMILES string of the molecule is Cc1nn(C)c(C)c1NC(=O)C(C)Sc1nc2cc(Cl)ccc2c(=O)n1CCCOC(C)C. The molecule has 1 unspecified atom stereocenters. The number of aromatic nitrogens is 4. The minimum atomic E-state index is -0.495. The average Bonchev–Trinajstić information content (AvgIpc) is 2.98. The van der Waals surface area contributed by atoms with Crippen molar-refractivity contribution in [2.24, 2.45) is 7.05 Å². The summed E-state index contributed by atoms with van der Waals surface area (Å²) in [6.07, 6.45) is 0.775. The number of amides is 1. The topological polar surface area (TPSA) is 91.0 Å². The number of hydrogen-bond acceptors (Lipinski definition) is 6. The highest BCUT2D eigenvalue weighted by Gasteiger charge is 2.22. The third-order valence-electron chi connectivity index (χ3n) is 5.27. The van der Waals surface area contributed by atoms with Gasteiger partial charge in [-0.05, 0) is 59.2 Å². The predicted octanol–water partition coefficient (Wildman–Crippen LogP) is 4.33. The van der Waals surface area contributed by atoms with Crippen molar-refractivity contribution >= 4 is 45.9 Å². The number of aryl methyl sites for hydroxylation is 2. The molecule has 0 bridgehead atoms. The van der Waals surface area contributed by atoms with Crippen LogP contribution < -0.4 is 10.9 Å². The zero-order valence-corrected chi connectivity index (χ0v) is 21.4. The van der Waals surface area contributed by atoms with Gasteiger partial charge >= 0.3 is 0 Å². The first-order valence-corrected chi connectivity index (χ1v) is 12.1. The Hall–Kier alpha value is -2.36. The maximum absolute atomic E-state index is 13.2. The molecule has 0 spiro atoms. The summed E-state index contributed by atoms with van der Waals surface area (Å²) >= 11 is 7.37. The molecule has 1 N–H and O–H groups in total. The maximum Gasteiger partial charge on any atom is 0.262 e. The van der Waals surface area contributed by atoms with Gasteiger partial charge in [-0.2, -0.15) is 5.10 Å². The minimum Gasteiger partial charge on any atom is -0.379 e. The van der Waals surface area contributed by atoms with Gasteiger partial charge in [0.05, 0.1) is 39.3 Å². The molecule has 0 aliphatic heterocycles. The van der Waals surface area contributed by atoms with E-state index in [1.54, 1.807) is 34.4 Å². The van der Waals surface area contributed by atoms with Gasteiger partial charge in [0.1, 0.15) is 0 Å². The number of nitrogens with one attached hydrogen (secondary N) is 1. The molecule has 3 aromatic rings. The fourth-order valence-corrected chi connectivity index (χ4v) is 4.49. The van der Waals surface area contributed by atoms with E-state index in [0.717, 1.165) is 11.4 Å². The van der Waals surface area contributed by atoms with E-state index in [1.807, 2.05) is 34.7 Å². The van der Waals surface area contributed by atoms with E-state index in [9.17, 15) is 9.59 Å². The standard InChI is InChI=1S/C23H30ClN5O3S/c1-13(2)32-11-7-10-29-22(31)18-9-8-17(24)12-19(18)25-23(29)33-16(5)21(30)26-20-14(3)27-28(6)15(20)4/h8-9,12-13,16H,7,10-11H2,1-6H3,(H,26,30). The van der Waals surface area contributed by atoms with Crippen molar-refractivity contribution in [2.75, 3.05) is 11.9 Å². The van der Waals surface area contributed by atoms with Crippen LogP contribution in [0.5, 0.6) is 0 Å². The van der Waals surface area contributed by atoms with E-state index in [2.05, 4.69) is 15.4 Å². The van der Waals surface area contributed by atoms with Crippen LogP contribution in [-0.4, -0.2) is 43.2 Å². The molecule has 1 aromatic carbocycles. The van der Waals surface area contributed by atoms with Gasteiger partial charge in [0.25, 0.3) is 5.56 Å². The van der Waals surface area contributed by atoms with Crippen LogP contribution >= 0.6 is 23.4 Å². The van der Waals surface area contributed by atoms with Crippen molar-refractivity contribution in [3.63, 3.8) is 0 Å². The smallest absolute Gasteiger partial charge is 0.262 e. The van der Waals surface area contributed by atoms with E-state index in [1.165, 1.54) is 11.8 Å². The van der Waals surface area contributed by atoms with E-state index in [0.29, 0.717) is 46.3 Å². The van der Waals surface area contributed by atoms with Gasteiger partial charge in [0, 0.05) is 25.2 Å².